The highest BCUT2D eigenvalue weighted by Crippen LogP contribution is 2.23. The summed E-state index contributed by atoms with van der Waals surface area (Å²) < 4.78 is 0. The standard InChI is InChI=1S/C19H33NS/c1-4-5-6-7-8-9-10-11-15-21-19-14-12-13-18(16-19)17(2)20-3/h12-14,16-17,20H,4-11,15H2,1-3H3. The van der Waals surface area contributed by atoms with Gasteiger partial charge >= 0.3 is 0 Å². The van der Waals surface area contributed by atoms with E-state index in [0.717, 1.165) is 0 Å². The SMILES string of the molecule is CCCCCCCCCCSc1cccc(C(C)NC)c1. The van der Waals surface area contributed by atoms with Gasteiger partial charge < -0.3 is 5.32 Å². The Morgan fingerprint density at radius 2 is 1.67 bits per heavy atom. The van der Waals surface area contributed by atoms with E-state index in [2.05, 4.69) is 43.4 Å². The van der Waals surface area contributed by atoms with E-state index in [9.17, 15) is 0 Å². The highest BCUT2D eigenvalue weighted by molar-refractivity contribution is 7.99. The maximum absolute atomic E-state index is 3.30. The Balaban J connectivity index is 2.10. The third kappa shape index (κ3) is 8.53. The molecule has 1 unspecified atom stereocenters. The molecule has 1 atom stereocenters. The first kappa shape index (κ1) is 18.6. The average Bonchev–Trinajstić information content (AvgIpc) is 2.53. The smallest absolute Gasteiger partial charge is 0.0289 e. The third-order valence-electron chi connectivity index (χ3n) is 4.06. The average molecular weight is 308 g/mol. The van der Waals surface area contributed by atoms with Gasteiger partial charge in [0.2, 0.25) is 0 Å². The van der Waals surface area contributed by atoms with Crippen LogP contribution in [0.1, 0.15) is 76.8 Å². The van der Waals surface area contributed by atoms with E-state index >= 15 is 0 Å². The lowest BCUT2D eigenvalue weighted by atomic mass is 10.1. The fourth-order valence-electron chi connectivity index (χ4n) is 2.47. The van der Waals surface area contributed by atoms with Crippen molar-refractivity contribution in [3.63, 3.8) is 0 Å². The molecule has 0 saturated heterocycles. The van der Waals surface area contributed by atoms with Crippen molar-refractivity contribution < 1.29 is 0 Å². The van der Waals surface area contributed by atoms with Gasteiger partial charge in [-0.15, -0.1) is 11.8 Å². The van der Waals surface area contributed by atoms with Crippen molar-refractivity contribution in [3.8, 4) is 0 Å². The van der Waals surface area contributed by atoms with Crippen molar-refractivity contribution >= 4 is 11.8 Å². The van der Waals surface area contributed by atoms with Crippen LogP contribution in [-0.4, -0.2) is 12.8 Å². The van der Waals surface area contributed by atoms with Crippen LogP contribution in [0.25, 0.3) is 0 Å². The molecule has 0 bridgehead atoms. The summed E-state index contributed by atoms with van der Waals surface area (Å²) in [6.07, 6.45) is 11.2. The summed E-state index contributed by atoms with van der Waals surface area (Å²) in [6, 6.07) is 9.40. The molecule has 1 N–H and O–H groups in total. The molecule has 120 valence electrons. The van der Waals surface area contributed by atoms with Gasteiger partial charge in [0.25, 0.3) is 0 Å². The molecule has 0 aliphatic heterocycles. The van der Waals surface area contributed by atoms with Gasteiger partial charge in [0.1, 0.15) is 0 Å². The number of rotatable bonds is 12. The number of hydrogen-bond donors (Lipinski definition) is 1. The summed E-state index contributed by atoms with van der Waals surface area (Å²) in [7, 11) is 2.02. The largest absolute Gasteiger partial charge is 0.313 e. The normalized spacial score (nSPS) is 12.5. The Bertz CT molecular complexity index is 364. The fraction of sp³-hybridized carbons (Fsp3) is 0.684. The summed E-state index contributed by atoms with van der Waals surface area (Å²) >= 11 is 2.01. The quantitative estimate of drug-likeness (QED) is 0.364. The Labute approximate surface area is 136 Å². The minimum absolute atomic E-state index is 0.439. The van der Waals surface area contributed by atoms with Crippen molar-refractivity contribution in [2.75, 3.05) is 12.8 Å². The van der Waals surface area contributed by atoms with Crippen molar-refractivity contribution in [1.82, 2.24) is 5.32 Å². The van der Waals surface area contributed by atoms with E-state index in [1.165, 1.54) is 67.6 Å². The lowest BCUT2D eigenvalue weighted by Crippen LogP contribution is -2.11. The van der Waals surface area contributed by atoms with Crippen molar-refractivity contribution in [3.05, 3.63) is 29.8 Å². The zero-order valence-electron chi connectivity index (χ0n) is 14.2. The van der Waals surface area contributed by atoms with Gasteiger partial charge in [-0.25, -0.2) is 0 Å². The zero-order valence-corrected chi connectivity index (χ0v) is 15.0. The Kier molecular flexibility index (Phi) is 10.7. The van der Waals surface area contributed by atoms with Gasteiger partial charge in [-0.2, -0.15) is 0 Å². The van der Waals surface area contributed by atoms with Crippen LogP contribution in [0.15, 0.2) is 29.2 Å². The summed E-state index contributed by atoms with van der Waals surface area (Å²) in [5.74, 6) is 1.26. The zero-order chi connectivity index (χ0) is 15.3. The van der Waals surface area contributed by atoms with Crippen molar-refractivity contribution in [1.29, 1.82) is 0 Å². The van der Waals surface area contributed by atoms with E-state index in [-0.39, 0.29) is 0 Å². The van der Waals surface area contributed by atoms with Crippen LogP contribution in [0.2, 0.25) is 0 Å². The van der Waals surface area contributed by atoms with Crippen molar-refractivity contribution in [2.24, 2.45) is 0 Å². The molecule has 0 radical (unpaired) electrons. The molecule has 1 rings (SSSR count). The molecule has 0 aliphatic rings. The maximum Gasteiger partial charge on any atom is 0.0289 e. The van der Waals surface area contributed by atoms with E-state index in [4.69, 9.17) is 0 Å². The third-order valence-corrected chi connectivity index (χ3v) is 5.14. The van der Waals surface area contributed by atoms with Crippen LogP contribution in [-0.2, 0) is 0 Å². The lowest BCUT2D eigenvalue weighted by Gasteiger charge is -2.11. The first-order valence-electron chi connectivity index (χ1n) is 8.68. The molecule has 1 aromatic rings. The van der Waals surface area contributed by atoms with E-state index in [1.807, 2.05) is 18.8 Å². The minimum atomic E-state index is 0.439. The van der Waals surface area contributed by atoms with Crippen LogP contribution in [0.5, 0.6) is 0 Å². The molecule has 0 fully saturated rings. The molecule has 0 aromatic heterocycles. The van der Waals surface area contributed by atoms with Crippen LogP contribution in [0.4, 0.5) is 0 Å². The van der Waals surface area contributed by atoms with Gasteiger partial charge in [-0.1, -0.05) is 64.0 Å². The molecule has 2 heteroatoms. The Morgan fingerprint density at radius 3 is 2.33 bits per heavy atom. The van der Waals surface area contributed by atoms with Gasteiger partial charge in [-0.3, -0.25) is 0 Å². The highest BCUT2D eigenvalue weighted by Gasteiger charge is 2.03. The Morgan fingerprint density at radius 1 is 1.00 bits per heavy atom. The van der Waals surface area contributed by atoms with Gasteiger partial charge in [0.05, 0.1) is 0 Å². The summed E-state index contributed by atoms with van der Waals surface area (Å²) in [4.78, 5) is 1.41. The van der Waals surface area contributed by atoms with Gasteiger partial charge in [0, 0.05) is 10.9 Å². The monoisotopic (exact) mass is 307 g/mol. The highest BCUT2D eigenvalue weighted by atomic mass is 32.2. The molecular weight excluding hydrogens is 274 g/mol. The van der Waals surface area contributed by atoms with E-state index < -0.39 is 0 Å². The minimum Gasteiger partial charge on any atom is -0.313 e. The number of thioether (sulfide) groups is 1. The molecule has 0 spiro atoms. The maximum atomic E-state index is 3.30. The predicted molar refractivity (Wildman–Crippen MR) is 97.3 cm³/mol. The van der Waals surface area contributed by atoms with E-state index in [0.29, 0.717) is 6.04 Å². The molecule has 1 aromatic carbocycles. The molecule has 1 nitrogen and oxygen atoms in total. The number of nitrogens with one attached hydrogen (secondary N) is 1. The van der Waals surface area contributed by atoms with Crippen LogP contribution >= 0.6 is 11.8 Å². The molecular formula is C19H33NS. The molecule has 21 heavy (non-hydrogen) atoms. The number of hydrogen-bond acceptors (Lipinski definition) is 2. The molecule has 0 saturated carbocycles. The lowest BCUT2D eigenvalue weighted by molar-refractivity contribution is 0.586. The summed E-state index contributed by atoms with van der Waals surface area (Å²) in [5.41, 5.74) is 1.39. The molecule has 0 heterocycles. The van der Waals surface area contributed by atoms with Crippen LogP contribution in [0.3, 0.4) is 0 Å². The number of benzene rings is 1. The first-order chi connectivity index (χ1) is 10.3. The summed E-state index contributed by atoms with van der Waals surface area (Å²) in [5, 5.41) is 3.30. The van der Waals surface area contributed by atoms with E-state index in [1.54, 1.807) is 0 Å². The number of unbranched alkanes of at least 4 members (excludes halogenated alkanes) is 7. The second-order valence-electron chi connectivity index (χ2n) is 5.91. The first-order valence-corrected chi connectivity index (χ1v) is 9.66. The predicted octanol–water partition coefficient (Wildman–Crippen LogP) is 6.20. The van der Waals surface area contributed by atoms with Crippen molar-refractivity contribution in [2.45, 2.75) is 76.2 Å². The molecule has 0 amide bonds. The summed E-state index contributed by atoms with van der Waals surface area (Å²) in [6.45, 7) is 4.49. The van der Waals surface area contributed by atoms with Gasteiger partial charge in [-0.05, 0) is 43.8 Å². The topological polar surface area (TPSA) is 12.0 Å². The second-order valence-corrected chi connectivity index (χ2v) is 7.07. The Hall–Kier alpha value is -0.470. The second kappa shape index (κ2) is 12.1. The van der Waals surface area contributed by atoms with Crippen LogP contribution < -0.4 is 5.32 Å². The molecule has 0 aliphatic carbocycles. The van der Waals surface area contributed by atoms with Crippen LogP contribution in [0, 0.1) is 0 Å². The van der Waals surface area contributed by atoms with Gasteiger partial charge in [0.15, 0.2) is 0 Å². The fourth-order valence-corrected chi connectivity index (χ4v) is 3.44.